The number of hydrogen-bond donors (Lipinski definition) is 0. The normalized spacial score (nSPS) is 12.0. The summed E-state index contributed by atoms with van der Waals surface area (Å²) in [6, 6.07) is 0. The van der Waals surface area contributed by atoms with Gasteiger partial charge >= 0.3 is 83.6 Å². The monoisotopic (exact) mass is 962 g/mol. The molecule has 0 amide bonds. The van der Waals surface area contributed by atoms with Crippen LogP contribution in [0.5, 0.6) is 0 Å². The molecule has 6 atom stereocenters. The first-order valence-electron chi connectivity index (χ1n) is 17.9. The Kier molecular flexibility index (Phi) is 28.9. The van der Waals surface area contributed by atoms with E-state index in [-0.39, 0.29) is 25.7 Å². The Morgan fingerprint density at radius 2 is 0.516 bits per heavy atom. The summed E-state index contributed by atoms with van der Waals surface area (Å²) in [7, 11) is 3.39. The fourth-order valence-electron chi connectivity index (χ4n) is 3.44. The van der Waals surface area contributed by atoms with E-state index in [1.54, 1.807) is 18.9 Å². The summed E-state index contributed by atoms with van der Waals surface area (Å²) in [6.07, 6.45) is -7.70. The van der Waals surface area contributed by atoms with E-state index >= 15 is 0 Å². The summed E-state index contributed by atoms with van der Waals surface area (Å²) in [5.74, 6) is -15.2. The molecule has 0 radical (unpaired) electrons. The standard InChI is InChI=1S/C34H44O28P2/c1-17(57-29(43)15-55-33(47)19(3)59-27(41)13-53-25(39)11-51-21(35)5-7-23(37)61-63)31(45)49-9-10-50-32(46)18(2)58-30(44)16-56-34(48)20(4)60-28(42)14-54-26(40)12-52-22(36)6-8-24(38)62-64/h17-20H,5-16,63-64H2,1-4H3. The van der Waals surface area contributed by atoms with Gasteiger partial charge in [-0.05, 0) is 27.7 Å². The minimum atomic E-state index is -1.61. The molecular weight excluding hydrogens is 918 g/mol. The molecule has 30 heteroatoms. The molecule has 0 aromatic carbocycles. The molecule has 0 aliphatic rings. The van der Waals surface area contributed by atoms with E-state index in [9.17, 15) is 67.1 Å². The van der Waals surface area contributed by atoms with Crippen LogP contribution in [0, 0.1) is 0 Å². The third-order valence-electron chi connectivity index (χ3n) is 6.53. The lowest BCUT2D eigenvalue weighted by Gasteiger charge is -2.16. The molecule has 6 unspecified atom stereocenters. The summed E-state index contributed by atoms with van der Waals surface area (Å²) in [4.78, 5) is 164. The summed E-state index contributed by atoms with van der Waals surface area (Å²) < 4.78 is 64.4. The van der Waals surface area contributed by atoms with E-state index in [0.717, 1.165) is 27.7 Å². The molecule has 0 saturated heterocycles. The van der Waals surface area contributed by atoms with Gasteiger partial charge < -0.3 is 65.9 Å². The van der Waals surface area contributed by atoms with E-state index < -0.39 is 161 Å². The van der Waals surface area contributed by atoms with Crippen molar-refractivity contribution in [2.75, 3.05) is 52.9 Å². The number of hydrogen-bond acceptors (Lipinski definition) is 28. The van der Waals surface area contributed by atoms with Crippen LogP contribution in [0.3, 0.4) is 0 Å². The molecule has 64 heavy (non-hydrogen) atoms. The van der Waals surface area contributed by atoms with E-state index in [2.05, 4.69) is 37.5 Å². The molecular formula is C34H44O28P2. The van der Waals surface area contributed by atoms with Crippen molar-refractivity contribution in [1.82, 2.24) is 0 Å². The molecule has 0 aliphatic carbocycles. The molecule has 0 aliphatic heterocycles. The predicted molar refractivity (Wildman–Crippen MR) is 200 cm³/mol. The minimum absolute atomic E-state index is 0.307. The average Bonchev–Trinajstić information content (AvgIpc) is 3.26. The van der Waals surface area contributed by atoms with Crippen molar-refractivity contribution in [3.63, 3.8) is 0 Å². The van der Waals surface area contributed by atoms with E-state index in [4.69, 9.17) is 28.4 Å². The minimum Gasteiger partial charge on any atom is -0.459 e. The number of rotatable bonds is 29. The molecule has 0 aromatic heterocycles. The average molecular weight is 963 g/mol. The Morgan fingerprint density at radius 3 is 0.797 bits per heavy atom. The van der Waals surface area contributed by atoms with Crippen molar-refractivity contribution in [3.05, 3.63) is 0 Å². The molecule has 0 bridgehead atoms. The first-order chi connectivity index (χ1) is 30.1. The molecule has 0 N–H and O–H groups in total. The van der Waals surface area contributed by atoms with Crippen LogP contribution in [0.15, 0.2) is 0 Å². The van der Waals surface area contributed by atoms with Gasteiger partial charge in [0.15, 0.2) is 64.1 Å². The van der Waals surface area contributed by atoms with Crippen LogP contribution in [0.4, 0.5) is 0 Å². The van der Waals surface area contributed by atoms with E-state index in [0.29, 0.717) is 0 Å². The predicted octanol–water partition coefficient (Wildman–Crippen LogP) is -2.71. The topological polar surface area (TPSA) is 368 Å². The molecule has 0 saturated carbocycles. The van der Waals surface area contributed by atoms with Crippen LogP contribution < -0.4 is 0 Å². The van der Waals surface area contributed by atoms with Crippen molar-refractivity contribution >= 4 is 103 Å². The van der Waals surface area contributed by atoms with Gasteiger partial charge in [-0.2, -0.15) is 0 Å². The smallest absolute Gasteiger partial charge is 0.347 e. The van der Waals surface area contributed by atoms with Crippen molar-refractivity contribution < 1.29 is 133 Å². The SMILES string of the molecule is CC(OC(=O)COC(=O)COC(=O)CCC(=O)OP)C(=O)OCC(=O)OC(C)C(=O)OCCOC(=O)C(C)OC(=O)COC(=O)C(C)OC(=O)COC(=O)COC(=O)CCC(=O)OP. The number of esters is 12. The van der Waals surface area contributed by atoms with Crippen molar-refractivity contribution in [3.8, 4) is 0 Å². The number of carbonyl (C=O) groups excluding carboxylic acids is 14. The van der Waals surface area contributed by atoms with Crippen LogP contribution in [-0.2, 0) is 133 Å². The van der Waals surface area contributed by atoms with Gasteiger partial charge in [0.1, 0.15) is 13.2 Å². The van der Waals surface area contributed by atoms with Crippen LogP contribution in [0.2, 0.25) is 0 Å². The first kappa shape index (κ1) is 57.4. The second kappa shape index (κ2) is 32.2. The largest absolute Gasteiger partial charge is 0.459 e. The Balaban J connectivity index is 4.31. The molecule has 0 heterocycles. The second-order valence-corrected chi connectivity index (χ2v) is 12.2. The van der Waals surface area contributed by atoms with Gasteiger partial charge in [0.2, 0.25) is 0 Å². The maximum atomic E-state index is 12.1. The number of carbonyl (C=O) groups is 14. The maximum absolute atomic E-state index is 12.1. The summed E-state index contributed by atoms with van der Waals surface area (Å²) in [6.45, 7) is -2.73. The van der Waals surface area contributed by atoms with Gasteiger partial charge in [-0.25, -0.2) is 47.9 Å². The second-order valence-electron chi connectivity index (χ2n) is 11.7. The Bertz CT molecular complexity index is 1590. The van der Waals surface area contributed by atoms with Crippen molar-refractivity contribution in [2.45, 2.75) is 77.8 Å². The highest BCUT2D eigenvalue weighted by Crippen LogP contribution is 2.04. The zero-order valence-corrected chi connectivity index (χ0v) is 36.7. The molecule has 28 nitrogen and oxygen atoms in total. The summed E-state index contributed by atoms with van der Waals surface area (Å²) >= 11 is 0. The lowest BCUT2D eigenvalue weighted by Crippen LogP contribution is -2.33. The van der Waals surface area contributed by atoms with Crippen LogP contribution >= 0.6 is 18.9 Å². The lowest BCUT2D eigenvalue weighted by molar-refractivity contribution is -0.179. The van der Waals surface area contributed by atoms with Crippen molar-refractivity contribution in [2.24, 2.45) is 0 Å². The summed E-state index contributed by atoms with van der Waals surface area (Å²) in [5.41, 5.74) is 0. The summed E-state index contributed by atoms with van der Waals surface area (Å²) in [5, 5.41) is 0. The first-order valence-corrected chi connectivity index (χ1v) is 18.9. The van der Waals surface area contributed by atoms with E-state index in [1.807, 2.05) is 0 Å². The Hall–Kier alpha value is -6.56. The molecule has 0 fully saturated rings. The van der Waals surface area contributed by atoms with Gasteiger partial charge in [0.25, 0.3) is 0 Å². The maximum Gasteiger partial charge on any atom is 0.347 e. The fourth-order valence-corrected chi connectivity index (χ4v) is 3.68. The molecule has 0 rings (SSSR count). The molecule has 0 aromatic rings. The van der Waals surface area contributed by atoms with E-state index in [1.165, 1.54) is 0 Å². The van der Waals surface area contributed by atoms with Crippen molar-refractivity contribution in [1.29, 1.82) is 0 Å². The zero-order valence-electron chi connectivity index (χ0n) is 34.4. The number of ether oxygens (including phenoxy) is 12. The van der Waals surface area contributed by atoms with Gasteiger partial charge in [-0.1, -0.05) is 0 Å². The quantitative estimate of drug-likeness (QED) is 0.0318. The molecule has 358 valence electrons. The fraction of sp³-hybridized carbons (Fsp3) is 0.588. The van der Waals surface area contributed by atoms with Gasteiger partial charge in [-0.15, -0.1) is 0 Å². The highest BCUT2D eigenvalue weighted by Gasteiger charge is 2.26. The highest BCUT2D eigenvalue weighted by atomic mass is 31.0. The lowest BCUT2D eigenvalue weighted by atomic mass is 10.3. The zero-order chi connectivity index (χ0) is 48.8. The third-order valence-corrected chi connectivity index (χ3v) is 7.06. The molecule has 0 spiro atoms. The highest BCUT2D eigenvalue weighted by molar-refractivity contribution is 7.11. The van der Waals surface area contributed by atoms with Gasteiger partial charge in [0, 0.05) is 0 Å². The Morgan fingerprint density at radius 1 is 0.297 bits per heavy atom. The third kappa shape index (κ3) is 28.1. The Labute approximate surface area is 365 Å². The van der Waals surface area contributed by atoms with Gasteiger partial charge in [0.05, 0.1) is 44.6 Å². The van der Waals surface area contributed by atoms with Crippen LogP contribution in [0.1, 0.15) is 53.4 Å². The van der Waals surface area contributed by atoms with Crippen LogP contribution in [-0.4, -0.2) is 161 Å². The van der Waals surface area contributed by atoms with Gasteiger partial charge in [-0.3, -0.25) is 19.2 Å². The van der Waals surface area contributed by atoms with Crippen LogP contribution in [0.25, 0.3) is 0 Å².